The van der Waals surface area contributed by atoms with Gasteiger partial charge in [0.25, 0.3) is 0 Å². The highest BCUT2D eigenvalue weighted by atomic mass is 32.2. The third-order valence-corrected chi connectivity index (χ3v) is 5.86. The van der Waals surface area contributed by atoms with E-state index in [1.54, 1.807) is 6.07 Å². The fraction of sp³-hybridized carbons (Fsp3) is 0.200. The van der Waals surface area contributed by atoms with Gasteiger partial charge in [0, 0.05) is 6.07 Å². The molecule has 0 unspecified atom stereocenters. The van der Waals surface area contributed by atoms with Crippen LogP contribution >= 0.6 is 23.1 Å². The standard InChI is InChI=1S/C15H12N4O4S2/c20-14-16-17-15(25-13-6-5-12(24-13)19(21)22)18(14)10-3-4-11-9(8-10)2-1-7-23-11/h3-6,8H,1-2,7H2,(H,16,20). The first kappa shape index (κ1) is 15.9. The van der Waals surface area contributed by atoms with Gasteiger partial charge in [-0.15, -0.1) is 5.10 Å². The normalized spacial score (nSPS) is 13.3. The van der Waals surface area contributed by atoms with Gasteiger partial charge in [-0.25, -0.2) is 14.5 Å². The molecule has 1 aromatic carbocycles. The predicted molar refractivity (Wildman–Crippen MR) is 93.1 cm³/mol. The van der Waals surface area contributed by atoms with Crippen molar-refractivity contribution in [2.75, 3.05) is 6.61 Å². The number of nitrogens with one attached hydrogen (secondary N) is 1. The third-order valence-electron chi connectivity index (χ3n) is 3.73. The van der Waals surface area contributed by atoms with Crippen LogP contribution in [0.3, 0.4) is 0 Å². The zero-order valence-corrected chi connectivity index (χ0v) is 14.4. The van der Waals surface area contributed by atoms with Crippen molar-refractivity contribution in [2.24, 2.45) is 0 Å². The van der Waals surface area contributed by atoms with Crippen LogP contribution in [0.1, 0.15) is 12.0 Å². The fourth-order valence-electron chi connectivity index (χ4n) is 2.62. The molecule has 0 spiro atoms. The minimum atomic E-state index is -0.435. The highest BCUT2D eigenvalue weighted by Crippen LogP contribution is 2.36. The second kappa shape index (κ2) is 6.37. The van der Waals surface area contributed by atoms with Gasteiger partial charge in [0.1, 0.15) is 5.75 Å². The molecule has 0 saturated heterocycles. The molecule has 3 heterocycles. The number of ether oxygens (including phenoxy) is 1. The number of aryl methyl sites for hydroxylation is 1. The number of nitro groups is 1. The summed E-state index contributed by atoms with van der Waals surface area (Å²) in [7, 11) is 0. The number of hydrogen-bond donors (Lipinski definition) is 1. The van der Waals surface area contributed by atoms with E-state index in [0.29, 0.717) is 21.7 Å². The van der Waals surface area contributed by atoms with Crippen molar-refractivity contribution in [3.8, 4) is 11.4 Å². The fourth-order valence-corrected chi connectivity index (χ4v) is 4.50. The van der Waals surface area contributed by atoms with E-state index < -0.39 is 4.92 Å². The molecule has 2 aromatic heterocycles. The van der Waals surface area contributed by atoms with E-state index in [1.165, 1.54) is 22.4 Å². The number of aromatic nitrogens is 3. The average Bonchev–Trinajstić information content (AvgIpc) is 3.22. The Bertz CT molecular complexity index is 1010. The van der Waals surface area contributed by atoms with E-state index >= 15 is 0 Å². The highest BCUT2D eigenvalue weighted by Gasteiger charge is 2.18. The second-order valence-electron chi connectivity index (χ2n) is 5.34. The molecule has 1 aliphatic rings. The van der Waals surface area contributed by atoms with Crippen molar-refractivity contribution in [2.45, 2.75) is 22.2 Å². The van der Waals surface area contributed by atoms with Crippen molar-refractivity contribution >= 4 is 28.1 Å². The lowest BCUT2D eigenvalue weighted by Crippen LogP contribution is -2.16. The van der Waals surface area contributed by atoms with E-state index in [-0.39, 0.29) is 10.7 Å². The first-order valence-corrected chi connectivity index (χ1v) is 9.11. The Labute approximate surface area is 149 Å². The van der Waals surface area contributed by atoms with Gasteiger partial charge in [-0.3, -0.25) is 10.1 Å². The number of thiophene rings is 1. The van der Waals surface area contributed by atoms with Crippen LogP contribution in [0.5, 0.6) is 5.75 Å². The van der Waals surface area contributed by atoms with Crippen molar-refractivity contribution in [1.82, 2.24) is 14.8 Å². The Morgan fingerprint density at radius 1 is 1.36 bits per heavy atom. The zero-order valence-electron chi connectivity index (χ0n) is 12.8. The molecule has 0 fully saturated rings. The summed E-state index contributed by atoms with van der Waals surface area (Å²) in [6.07, 6.45) is 1.84. The summed E-state index contributed by atoms with van der Waals surface area (Å²) in [5.74, 6) is 0.842. The summed E-state index contributed by atoms with van der Waals surface area (Å²) in [4.78, 5) is 22.6. The van der Waals surface area contributed by atoms with Crippen molar-refractivity contribution < 1.29 is 9.66 Å². The highest BCUT2D eigenvalue weighted by molar-refractivity contribution is 8.01. The predicted octanol–water partition coefficient (Wildman–Crippen LogP) is 3.01. The maximum atomic E-state index is 12.2. The van der Waals surface area contributed by atoms with Crippen molar-refractivity contribution in [3.63, 3.8) is 0 Å². The maximum absolute atomic E-state index is 12.2. The number of H-pyrrole nitrogens is 1. The Kier molecular flexibility index (Phi) is 4.06. The Morgan fingerprint density at radius 2 is 2.24 bits per heavy atom. The van der Waals surface area contributed by atoms with Crippen LogP contribution < -0.4 is 10.4 Å². The summed E-state index contributed by atoms with van der Waals surface area (Å²) in [6.45, 7) is 0.705. The van der Waals surface area contributed by atoms with Crippen LogP contribution in [-0.2, 0) is 6.42 Å². The number of aromatic amines is 1. The van der Waals surface area contributed by atoms with Gasteiger partial charge in [0.15, 0.2) is 0 Å². The lowest BCUT2D eigenvalue weighted by molar-refractivity contribution is -0.380. The molecule has 0 radical (unpaired) electrons. The van der Waals surface area contributed by atoms with E-state index in [1.807, 2.05) is 18.2 Å². The average molecular weight is 376 g/mol. The SMILES string of the molecule is O=c1[nH]nc(Sc2ccc([N+](=O)[O-])s2)n1-c1ccc2c(c1)CCCO2. The molecule has 25 heavy (non-hydrogen) atoms. The lowest BCUT2D eigenvalue weighted by atomic mass is 10.1. The molecule has 0 bridgehead atoms. The molecule has 8 nitrogen and oxygen atoms in total. The minimum absolute atomic E-state index is 0.0536. The van der Waals surface area contributed by atoms with Crippen LogP contribution in [0.15, 0.2) is 44.5 Å². The van der Waals surface area contributed by atoms with E-state index in [4.69, 9.17) is 4.74 Å². The topological polar surface area (TPSA) is 103 Å². The number of rotatable bonds is 4. The third kappa shape index (κ3) is 3.05. The Hall–Kier alpha value is -2.59. The summed E-state index contributed by atoms with van der Waals surface area (Å²) in [5.41, 5.74) is 1.39. The van der Waals surface area contributed by atoms with Crippen LogP contribution in [0.25, 0.3) is 5.69 Å². The van der Waals surface area contributed by atoms with Gasteiger partial charge in [-0.05, 0) is 54.4 Å². The van der Waals surface area contributed by atoms with Gasteiger partial charge in [0.2, 0.25) is 5.16 Å². The summed E-state index contributed by atoms with van der Waals surface area (Å²) < 4.78 is 7.75. The van der Waals surface area contributed by atoms with Gasteiger partial charge in [-0.2, -0.15) is 0 Å². The summed E-state index contributed by atoms with van der Waals surface area (Å²) >= 11 is 2.26. The van der Waals surface area contributed by atoms with E-state index in [9.17, 15) is 14.9 Å². The molecule has 0 amide bonds. The van der Waals surface area contributed by atoms with Crippen molar-refractivity contribution in [3.05, 3.63) is 56.5 Å². The minimum Gasteiger partial charge on any atom is -0.493 e. The number of nitrogens with zero attached hydrogens (tertiary/aromatic N) is 3. The number of hydrogen-bond acceptors (Lipinski definition) is 7. The summed E-state index contributed by atoms with van der Waals surface area (Å²) in [6, 6.07) is 8.68. The quantitative estimate of drug-likeness (QED) is 0.555. The first-order chi connectivity index (χ1) is 12.1. The molecule has 4 rings (SSSR count). The maximum Gasteiger partial charge on any atom is 0.348 e. The molecule has 10 heteroatoms. The van der Waals surface area contributed by atoms with Crippen LogP contribution in [0, 0.1) is 10.1 Å². The molecule has 0 aliphatic carbocycles. The molecular weight excluding hydrogens is 364 g/mol. The van der Waals surface area contributed by atoms with Gasteiger partial charge >= 0.3 is 10.7 Å². The Balaban J connectivity index is 1.70. The molecule has 1 aliphatic heterocycles. The molecule has 3 aromatic rings. The molecule has 1 N–H and O–H groups in total. The largest absolute Gasteiger partial charge is 0.493 e. The van der Waals surface area contributed by atoms with Crippen LogP contribution in [0.2, 0.25) is 0 Å². The number of benzene rings is 1. The number of fused-ring (bicyclic) bond motifs is 1. The van der Waals surface area contributed by atoms with E-state index in [0.717, 1.165) is 35.5 Å². The van der Waals surface area contributed by atoms with Gasteiger partial charge in [0.05, 0.1) is 21.4 Å². The Morgan fingerprint density at radius 3 is 3.04 bits per heavy atom. The molecular formula is C15H12N4O4S2. The molecule has 0 atom stereocenters. The van der Waals surface area contributed by atoms with E-state index in [2.05, 4.69) is 10.2 Å². The van der Waals surface area contributed by atoms with Crippen LogP contribution in [-0.4, -0.2) is 26.3 Å². The smallest absolute Gasteiger partial charge is 0.348 e. The zero-order chi connectivity index (χ0) is 17.4. The molecule has 128 valence electrons. The van der Waals surface area contributed by atoms with Gasteiger partial charge in [-0.1, -0.05) is 11.3 Å². The first-order valence-electron chi connectivity index (χ1n) is 7.47. The molecule has 0 saturated carbocycles. The van der Waals surface area contributed by atoms with Crippen LogP contribution in [0.4, 0.5) is 5.00 Å². The van der Waals surface area contributed by atoms with Gasteiger partial charge < -0.3 is 4.74 Å². The second-order valence-corrected chi connectivity index (χ2v) is 7.67. The monoisotopic (exact) mass is 376 g/mol. The summed E-state index contributed by atoms with van der Waals surface area (Å²) in [5, 5.41) is 17.8. The van der Waals surface area contributed by atoms with Crippen molar-refractivity contribution in [1.29, 1.82) is 0 Å². The lowest BCUT2D eigenvalue weighted by Gasteiger charge is -2.18.